The summed E-state index contributed by atoms with van der Waals surface area (Å²) in [7, 11) is 0. The molecule has 1 aromatic rings. The molecule has 28 heavy (non-hydrogen) atoms. The second-order valence-corrected chi connectivity index (χ2v) is 7.69. The van der Waals surface area contributed by atoms with Crippen molar-refractivity contribution in [2.24, 2.45) is 0 Å². The number of hydrogen-bond acceptors (Lipinski definition) is 10. The van der Waals surface area contributed by atoms with Gasteiger partial charge in [-0.15, -0.1) is 4.37 Å². The van der Waals surface area contributed by atoms with Gasteiger partial charge in [0.2, 0.25) is 5.82 Å². The Morgan fingerprint density at radius 2 is 2.04 bits per heavy atom. The Hall–Kier alpha value is -2.24. The molecular weight excluding hydrogens is 388 g/mol. The number of carbonyl (C=O) groups is 2. The van der Waals surface area contributed by atoms with Crippen LogP contribution in [0, 0.1) is 0 Å². The van der Waals surface area contributed by atoms with Crippen LogP contribution in [-0.2, 0) is 19.1 Å². The number of esters is 1. The van der Waals surface area contributed by atoms with Crippen LogP contribution >= 0.6 is 11.7 Å². The number of carboxylic acids is 1. The predicted molar refractivity (Wildman–Crippen MR) is 103 cm³/mol. The van der Waals surface area contributed by atoms with E-state index in [1.807, 2.05) is 25.7 Å². The first-order valence-electron chi connectivity index (χ1n) is 8.89. The molecule has 2 rings (SSSR count). The fourth-order valence-electron chi connectivity index (χ4n) is 2.30. The van der Waals surface area contributed by atoms with Crippen LogP contribution in [0.5, 0.6) is 5.88 Å². The number of ether oxygens (including phenoxy) is 3. The minimum absolute atomic E-state index is 0.0541. The quantitative estimate of drug-likeness (QED) is 0.441. The second-order valence-electron chi connectivity index (χ2n) is 7.16. The number of morpholine rings is 1. The molecule has 1 aliphatic heterocycles. The zero-order valence-corrected chi connectivity index (χ0v) is 17.0. The van der Waals surface area contributed by atoms with Crippen LogP contribution in [-0.4, -0.2) is 76.9 Å². The van der Waals surface area contributed by atoms with Gasteiger partial charge in [-0.05, 0) is 20.8 Å². The van der Waals surface area contributed by atoms with Crippen molar-refractivity contribution in [2.75, 3.05) is 44.4 Å². The van der Waals surface area contributed by atoms with Gasteiger partial charge in [0.05, 0.1) is 24.9 Å². The lowest BCUT2D eigenvalue weighted by Crippen LogP contribution is -2.44. The lowest BCUT2D eigenvalue weighted by atomic mass is 10.1. The number of aliphatic carboxylic acids is 1. The van der Waals surface area contributed by atoms with Crippen LogP contribution < -0.4 is 15.0 Å². The number of anilines is 1. The Labute approximate surface area is 167 Å². The minimum Gasteiger partial charge on any atom is -0.478 e. The fraction of sp³-hybridized carbons (Fsp3) is 0.647. The van der Waals surface area contributed by atoms with Crippen molar-refractivity contribution in [3.8, 4) is 5.88 Å². The van der Waals surface area contributed by atoms with Gasteiger partial charge >= 0.3 is 11.9 Å². The molecule has 11 heteroatoms. The normalized spacial score (nSPS) is 16.2. The molecular formula is C17H26N4O6S. The van der Waals surface area contributed by atoms with Crippen molar-refractivity contribution in [3.63, 3.8) is 0 Å². The molecule has 0 aliphatic carbocycles. The molecule has 0 bridgehead atoms. The largest absolute Gasteiger partial charge is 0.478 e. The first-order chi connectivity index (χ1) is 13.2. The predicted octanol–water partition coefficient (Wildman–Crippen LogP) is 0.694. The molecule has 1 fully saturated rings. The van der Waals surface area contributed by atoms with Crippen LogP contribution in [0.2, 0.25) is 0 Å². The molecule has 0 saturated carbocycles. The van der Waals surface area contributed by atoms with Crippen molar-refractivity contribution >= 4 is 29.5 Å². The van der Waals surface area contributed by atoms with Crippen molar-refractivity contribution in [2.45, 2.75) is 32.4 Å². The van der Waals surface area contributed by atoms with Crippen LogP contribution in [0.1, 0.15) is 20.8 Å². The number of hydrogen-bond donors (Lipinski definition) is 2. The molecule has 0 radical (unpaired) electrons. The summed E-state index contributed by atoms with van der Waals surface area (Å²) in [5, 5.41) is 11.9. The van der Waals surface area contributed by atoms with Gasteiger partial charge in [0, 0.05) is 37.3 Å². The summed E-state index contributed by atoms with van der Waals surface area (Å²) in [5.74, 6) is -0.949. The number of rotatable bonds is 9. The highest BCUT2D eigenvalue weighted by Crippen LogP contribution is 2.26. The monoisotopic (exact) mass is 414 g/mol. The molecule has 1 atom stereocenters. The van der Waals surface area contributed by atoms with Crippen LogP contribution in [0.25, 0.3) is 0 Å². The zero-order valence-electron chi connectivity index (χ0n) is 16.2. The van der Waals surface area contributed by atoms with Crippen molar-refractivity contribution in [1.82, 2.24) is 14.1 Å². The standard InChI is InChI=1S/C17H26N4O6S/c1-17(2,3)18-10-12(27-14(24)5-4-13(22)23)11-26-16-15(19-28-20-16)21-6-8-25-9-7-21/h4-5,12,18H,6-11H2,1-3H3,(H,22,23)/t12-/m0/s1. The number of carbonyl (C=O) groups excluding carboxylic acids is 1. The van der Waals surface area contributed by atoms with E-state index in [1.165, 1.54) is 0 Å². The van der Waals surface area contributed by atoms with E-state index in [0.717, 1.165) is 23.9 Å². The van der Waals surface area contributed by atoms with Crippen LogP contribution in [0.3, 0.4) is 0 Å². The lowest BCUT2D eigenvalue weighted by Gasteiger charge is -2.27. The molecule has 0 amide bonds. The molecule has 2 heterocycles. The van der Waals surface area contributed by atoms with Gasteiger partial charge in [-0.25, -0.2) is 9.59 Å². The SMILES string of the molecule is CC(C)(C)NC[C@@H](COc1nsnc1N1CCOCC1)OC(=O)C=CC(=O)O. The third-order valence-electron chi connectivity index (χ3n) is 3.66. The number of aromatic nitrogens is 2. The van der Waals surface area contributed by atoms with Gasteiger partial charge in [-0.3, -0.25) is 0 Å². The highest BCUT2D eigenvalue weighted by Gasteiger charge is 2.23. The highest BCUT2D eigenvalue weighted by atomic mass is 32.1. The van der Waals surface area contributed by atoms with Gasteiger partial charge in [0.1, 0.15) is 12.7 Å². The highest BCUT2D eigenvalue weighted by molar-refractivity contribution is 6.99. The Morgan fingerprint density at radius 3 is 2.68 bits per heavy atom. The van der Waals surface area contributed by atoms with E-state index in [0.29, 0.717) is 44.5 Å². The summed E-state index contributed by atoms with van der Waals surface area (Å²) in [4.78, 5) is 24.4. The zero-order chi connectivity index (χ0) is 20.6. The van der Waals surface area contributed by atoms with E-state index in [-0.39, 0.29) is 12.1 Å². The topological polar surface area (TPSA) is 123 Å². The van der Waals surface area contributed by atoms with E-state index < -0.39 is 18.0 Å². The number of nitrogens with one attached hydrogen (secondary N) is 1. The molecule has 0 aromatic carbocycles. The maximum absolute atomic E-state index is 11.9. The average molecular weight is 414 g/mol. The molecule has 1 saturated heterocycles. The summed E-state index contributed by atoms with van der Waals surface area (Å²) in [5.41, 5.74) is -0.192. The van der Waals surface area contributed by atoms with Crippen LogP contribution in [0.15, 0.2) is 12.2 Å². The Balaban J connectivity index is 1.98. The Kier molecular flexibility index (Phi) is 8.15. The Morgan fingerprint density at radius 1 is 1.32 bits per heavy atom. The third-order valence-corrected chi connectivity index (χ3v) is 4.17. The van der Waals surface area contributed by atoms with Gasteiger partial charge in [0.25, 0.3) is 5.88 Å². The van der Waals surface area contributed by atoms with E-state index in [4.69, 9.17) is 19.3 Å². The van der Waals surface area contributed by atoms with E-state index in [2.05, 4.69) is 14.1 Å². The minimum atomic E-state index is -1.22. The second kappa shape index (κ2) is 10.3. The van der Waals surface area contributed by atoms with Gasteiger partial charge in [-0.2, -0.15) is 4.37 Å². The molecule has 1 aromatic heterocycles. The maximum Gasteiger partial charge on any atom is 0.331 e. The Bertz CT molecular complexity index is 681. The summed E-state index contributed by atoms with van der Waals surface area (Å²) in [6.07, 6.45) is 0.971. The molecule has 2 N–H and O–H groups in total. The first-order valence-corrected chi connectivity index (χ1v) is 9.62. The number of carboxylic acid groups (broad SMARTS) is 1. The fourth-order valence-corrected chi connectivity index (χ4v) is 2.82. The van der Waals surface area contributed by atoms with Crippen molar-refractivity contribution in [1.29, 1.82) is 0 Å². The average Bonchev–Trinajstić information content (AvgIpc) is 3.11. The number of nitrogens with zero attached hydrogens (tertiary/aromatic N) is 3. The van der Waals surface area contributed by atoms with Crippen molar-refractivity contribution in [3.05, 3.63) is 12.2 Å². The summed E-state index contributed by atoms with van der Waals surface area (Å²) >= 11 is 1.05. The third kappa shape index (κ3) is 7.79. The van der Waals surface area contributed by atoms with E-state index in [9.17, 15) is 9.59 Å². The van der Waals surface area contributed by atoms with Gasteiger partial charge in [-0.1, -0.05) is 0 Å². The van der Waals surface area contributed by atoms with Crippen LogP contribution in [0.4, 0.5) is 5.82 Å². The lowest BCUT2D eigenvalue weighted by molar-refractivity contribution is -0.145. The molecule has 0 unspecified atom stereocenters. The van der Waals surface area contributed by atoms with Gasteiger partial charge in [0.15, 0.2) is 0 Å². The molecule has 156 valence electrons. The van der Waals surface area contributed by atoms with Crippen molar-refractivity contribution < 1.29 is 28.9 Å². The van der Waals surface area contributed by atoms with E-state index in [1.54, 1.807) is 0 Å². The summed E-state index contributed by atoms with van der Waals surface area (Å²) in [6.45, 7) is 8.97. The smallest absolute Gasteiger partial charge is 0.331 e. The molecule has 10 nitrogen and oxygen atoms in total. The first kappa shape index (κ1) is 22.1. The van der Waals surface area contributed by atoms with E-state index >= 15 is 0 Å². The summed E-state index contributed by atoms with van der Waals surface area (Å²) < 4.78 is 24.9. The maximum atomic E-state index is 11.9. The molecule has 1 aliphatic rings. The molecule has 0 spiro atoms. The summed E-state index contributed by atoms with van der Waals surface area (Å²) in [6, 6.07) is 0. The van der Waals surface area contributed by atoms with Gasteiger partial charge < -0.3 is 29.5 Å².